The second kappa shape index (κ2) is 15.8. The van der Waals surface area contributed by atoms with Crippen LogP contribution >= 0.6 is 24.8 Å². The van der Waals surface area contributed by atoms with Crippen molar-refractivity contribution < 1.29 is 23.8 Å². The molecule has 0 saturated heterocycles. The molecule has 0 bridgehead atoms. The van der Waals surface area contributed by atoms with Crippen LogP contribution in [0.5, 0.6) is 0 Å². The molecule has 0 amide bonds. The first kappa shape index (κ1) is 33.2. The molecule has 1 atom stereocenters. The maximum absolute atomic E-state index is 13.0. The van der Waals surface area contributed by atoms with Crippen molar-refractivity contribution in [3.63, 3.8) is 0 Å². The Bertz CT molecular complexity index is 1480. The summed E-state index contributed by atoms with van der Waals surface area (Å²) < 4.78 is 15.9. The molecule has 228 valence electrons. The van der Waals surface area contributed by atoms with Crippen LogP contribution in [0.3, 0.4) is 0 Å². The Kier molecular flexibility index (Phi) is 12.2. The Hall–Kier alpha value is -4.35. The SMILES string of the molecule is CC(OC(=O)OC1CCCCC1)OC(=O)c1cccc(N)c1NCc1ccc(-c2ccccc2-c2nnn[nH]2)cc1.Cl.Cl. The van der Waals surface area contributed by atoms with Crippen LogP contribution < -0.4 is 11.1 Å². The number of carbonyl (C=O) groups is 2. The fourth-order valence-electron chi connectivity index (χ4n) is 4.87. The Morgan fingerprint density at radius 2 is 1.67 bits per heavy atom. The molecule has 1 aromatic heterocycles. The number of hydrogen-bond acceptors (Lipinski definition) is 10. The van der Waals surface area contributed by atoms with E-state index in [1.54, 1.807) is 18.2 Å². The van der Waals surface area contributed by atoms with E-state index < -0.39 is 18.4 Å². The van der Waals surface area contributed by atoms with Gasteiger partial charge in [0.05, 0.1) is 16.9 Å². The number of esters is 1. The molecule has 1 fully saturated rings. The highest BCUT2D eigenvalue weighted by Gasteiger charge is 2.23. The molecule has 1 heterocycles. The van der Waals surface area contributed by atoms with Crippen molar-refractivity contribution >= 4 is 48.3 Å². The molecule has 1 aliphatic carbocycles. The average Bonchev–Trinajstić information content (AvgIpc) is 3.52. The number of ether oxygens (including phenoxy) is 3. The van der Waals surface area contributed by atoms with Gasteiger partial charge in [0.15, 0.2) is 5.82 Å². The van der Waals surface area contributed by atoms with Gasteiger partial charge in [-0.05, 0) is 64.9 Å². The number of nitrogens with one attached hydrogen (secondary N) is 2. The van der Waals surface area contributed by atoms with Gasteiger partial charge in [-0.25, -0.2) is 14.7 Å². The van der Waals surface area contributed by atoms with Crippen LogP contribution in [0.15, 0.2) is 66.7 Å². The van der Waals surface area contributed by atoms with E-state index in [0.29, 0.717) is 23.7 Å². The molecule has 0 radical (unpaired) electrons. The quantitative estimate of drug-likeness (QED) is 0.105. The van der Waals surface area contributed by atoms with E-state index >= 15 is 0 Å². The molecule has 5 rings (SSSR count). The molecule has 43 heavy (non-hydrogen) atoms. The molecule has 3 aromatic carbocycles. The summed E-state index contributed by atoms with van der Waals surface area (Å²) in [5, 5.41) is 17.4. The second-order valence-corrected chi connectivity index (χ2v) is 9.83. The van der Waals surface area contributed by atoms with Gasteiger partial charge in [0, 0.05) is 19.0 Å². The van der Waals surface area contributed by atoms with Gasteiger partial charge < -0.3 is 25.3 Å². The third kappa shape index (κ3) is 8.59. The van der Waals surface area contributed by atoms with E-state index in [1.807, 2.05) is 48.5 Å². The zero-order chi connectivity index (χ0) is 28.6. The molecular formula is C30H34Cl2N6O5. The number of hydrogen-bond donors (Lipinski definition) is 3. The lowest BCUT2D eigenvalue weighted by atomic mass is 9.98. The first-order valence-corrected chi connectivity index (χ1v) is 13.6. The third-order valence-corrected chi connectivity index (χ3v) is 6.93. The van der Waals surface area contributed by atoms with Gasteiger partial charge >= 0.3 is 12.1 Å². The van der Waals surface area contributed by atoms with Crippen LogP contribution in [-0.4, -0.2) is 45.1 Å². The van der Waals surface area contributed by atoms with Crippen LogP contribution in [0, 0.1) is 0 Å². The number of aromatic amines is 1. The number of benzene rings is 3. The van der Waals surface area contributed by atoms with Gasteiger partial charge in [-0.3, -0.25) is 0 Å². The summed E-state index contributed by atoms with van der Waals surface area (Å²) in [6.45, 7) is 1.88. The number of anilines is 2. The highest BCUT2D eigenvalue weighted by atomic mass is 35.5. The predicted molar refractivity (Wildman–Crippen MR) is 167 cm³/mol. The lowest BCUT2D eigenvalue weighted by molar-refractivity contribution is -0.0914. The van der Waals surface area contributed by atoms with Crippen molar-refractivity contribution in [2.45, 2.75) is 58.0 Å². The first-order valence-electron chi connectivity index (χ1n) is 13.6. The molecule has 0 aliphatic heterocycles. The molecule has 1 aliphatic rings. The number of nitrogens with zero attached hydrogens (tertiary/aromatic N) is 3. The molecule has 1 unspecified atom stereocenters. The molecule has 13 heteroatoms. The van der Waals surface area contributed by atoms with E-state index in [-0.39, 0.29) is 36.5 Å². The normalized spacial score (nSPS) is 13.5. The van der Waals surface area contributed by atoms with Crippen LogP contribution in [0.4, 0.5) is 16.2 Å². The van der Waals surface area contributed by atoms with Crippen molar-refractivity contribution in [3.8, 4) is 22.5 Å². The Morgan fingerprint density at radius 1 is 0.953 bits per heavy atom. The Labute approximate surface area is 261 Å². The second-order valence-electron chi connectivity index (χ2n) is 9.83. The minimum Gasteiger partial charge on any atom is -0.431 e. The summed E-state index contributed by atoms with van der Waals surface area (Å²) in [6, 6.07) is 20.8. The molecule has 11 nitrogen and oxygen atoms in total. The van der Waals surface area contributed by atoms with E-state index in [2.05, 4.69) is 25.9 Å². The number of H-pyrrole nitrogens is 1. The highest BCUT2D eigenvalue weighted by molar-refractivity contribution is 5.99. The largest absolute Gasteiger partial charge is 0.511 e. The number of rotatable bonds is 9. The molecular weight excluding hydrogens is 595 g/mol. The molecule has 1 saturated carbocycles. The smallest absolute Gasteiger partial charge is 0.431 e. The number of carbonyl (C=O) groups excluding carboxylic acids is 2. The number of aromatic nitrogens is 4. The van der Waals surface area contributed by atoms with Gasteiger partial charge in [0.1, 0.15) is 6.10 Å². The van der Waals surface area contributed by atoms with Crippen molar-refractivity contribution in [2.24, 2.45) is 0 Å². The third-order valence-electron chi connectivity index (χ3n) is 6.93. The summed E-state index contributed by atoms with van der Waals surface area (Å²) in [4.78, 5) is 25.1. The number of tetrazole rings is 1. The van der Waals surface area contributed by atoms with Gasteiger partial charge in [-0.15, -0.1) is 29.9 Å². The fraction of sp³-hybridized carbons (Fsp3) is 0.300. The summed E-state index contributed by atoms with van der Waals surface area (Å²) in [6.07, 6.45) is 2.69. The van der Waals surface area contributed by atoms with Crippen LogP contribution in [-0.2, 0) is 20.8 Å². The maximum Gasteiger partial charge on any atom is 0.511 e. The summed E-state index contributed by atoms with van der Waals surface area (Å²) in [7, 11) is 0. The first-order chi connectivity index (χ1) is 20.0. The van der Waals surface area contributed by atoms with Gasteiger partial charge in [0.25, 0.3) is 0 Å². The topological polar surface area (TPSA) is 154 Å². The fourth-order valence-corrected chi connectivity index (χ4v) is 4.87. The van der Waals surface area contributed by atoms with Gasteiger partial charge in [-0.1, -0.05) is 61.0 Å². The van der Waals surface area contributed by atoms with E-state index in [0.717, 1.165) is 54.4 Å². The highest BCUT2D eigenvalue weighted by Crippen LogP contribution is 2.30. The summed E-state index contributed by atoms with van der Waals surface area (Å²) in [5.41, 5.74) is 11.1. The standard InChI is InChI=1S/C30H32N6O5.2ClH/c1-19(40-30(38)41-22-8-3-2-4-9-22)39-29(37)25-12-7-13-26(31)27(25)32-18-20-14-16-21(17-15-20)23-10-5-6-11-24(23)28-33-35-36-34-28;;/h5-7,10-17,19,22,32H,2-4,8-9,18,31H2,1H3,(H,33,34,35,36);2*1H. The zero-order valence-electron chi connectivity index (χ0n) is 23.5. The van der Waals surface area contributed by atoms with Crippen molar-refractivity contribution in [2.75, 3.05) is 11.1 Å². The van der Waals surface area contributed by atoms with Crippen LogP contribution in [0.1, 0.15) is 54.9 Å². The van der Waals surface area contributed by atoms with Gasteiger partial charge in [0.2, 0.25) is 6.29 Å². The number of nitrogens with two attached hydrogens (primary N) is 1. The van der Waals surface area contributed by atoms with Crippen LogP contribution in [0.2, 0.25) is 0 Å². The monoisotopic (exact) mass is 628 g/mol. The minimum atomic E-state index is -1.13. The van der Waals surface area contributed by atoms with Crippen molar-refractivity contribution in [3.05, 3.63) is 77.9 Å². The lowest BCUT2D eigenvalue weighted by Crippen LogP contribution is -2.27. The Balaban J connectivity index is 0.00000253. The van der Waals surface area contributed by atoms with E-state index in [1.165, 1.54) is 6.92 Å². The van der Waals surface area contributed by atoms with E-state index in [9.17, 15) is 9.59 Å². The maximum atomic E-state index is 13.0. The lowest BCUT2D eigenvalue weighted by Gasteiger charge is -2.22. The van der Waals surface area contributed by atoms with Crippen LogP contribution in [0.25, 0.3) is 22.5 Å². The summed E-state index contributed by atoms with van der Waals surface area (Å²) >= 11 is 0. The Morgan fingerprint density at radius 3 is 2.37 bits per heavy atom. The zero-order valence-corrected chi connectivity index (χ0v) is 25.2. The predicted octanol–water partition coefficient (Wildman–Crippen LogP) is 6.56. The van der Waals surface area contributed by atoms with Crippen molar-refractivity contribution in [1.82, 2.24) is 20.6 Å². The number of nitrogen functional groups attached to an aromatic ring is 1. The number of para-hydroxylation sites is 1. The number of halogens is 2. The minimum absolute atomic E-state index is 0. The van der Waals surface area contributed by atoms with E-state index in [4.69, 9.17) is 19.9 Å². The molecule has 4 aromatic rings. The summed E-state index contributed by atoms with van der Waals surface area (Å²) in [5.74, 6) is -0.0854. The average molecular weight is 630 g/mol. The van der Waals surface area contributed by atoms with Gasteiger partial charge in [-0.2, -0.15) is 0 Å². The van der Waals surface area contributed by atoms with Crippen molar-refractivity contribution in [1.29, 1.82) is 0 Å². The molecule has 4 N–H and O–H groups in total. The molecule has 0 spiro atoms.